The van der Waals surface area contributed by atoms with Gasteiger partial charge in [-0.1, -0.05) is 31.5 Å². The van der Waals surface area contributed by atoms with E-state index < -0.39 is 0 Å². The Balaban J connectivity index is 1.39. The van der Waals surface area contributed by atoms with Gasteiger partial charge >= 0.3 is 0 Å². The fourth-order valence-corrected chi connectivity index (χ4v) is 7.22. The van der Waals surface area contributed by atoms with Crippen LogP contribution in [0.1, 0.15) is 43.8 Å². The van der Waals surface area contributed by atoms with Gasteiger partial charge in [0.2, 0.25) is 0 Å². The fourth-order valence-electron chi connectivity index (χ4n) is 6.03. The molecule has 6 rings (SSSR count). The Morgan fingerprint density at radius 3 is 2.55 bits per heavy atom. The Bertz CT molecular complexity index is 1540. The zero-order valence-electron chi connectivity index (χ0n) is 22.2. The van der Waals surface area contributed by atoms with Gasteiger partial charge in [0.05, 0.1) is 22.4 Å². The molecule has 4 aromatic rings. The molecule has 0 unspecified atom stereocenters. The number of piperidine rings is 1. The maximum Gasteiger partial charge on any atom is 0.174 e. The average molecular weight is 640 g/mol. The molecule has 9 heteroatoms. The van der Waals surface area contributed by atoms with Crippen LogP contribution < -0.4 is 15.1 Å². The predicted molar refractivity (Wildman–Crippen MR) is 166 cm³/mol. The van der Waals surface area contributed by atoms with Gasteiger partial charge in [-0.3, -0.25) is 4.98 Å². The highest BCUT2D eigenvalue weighted by molar-refractivity contribution is 9.10. The molecule has 0 saturated carbocycles. The minimum atomic E-state index is -0.327. The zero-order chi connectivity index (χ0) is 28.0. The second kappa shape index (κ2) is 11.1. The molecule has 0 spiro atoms. The molecule has 0 amide bonds. The molecular weight excluding hydrogens is 611 g/mol. The fraction of sp³-hybridized carbons (Fsp3) is 0.290. The van der Waals surface area contributed by atoms with E-state index in [2.05, 4.69) is 57.1 Å². The predicted octanol–water partition coefficient (Wildman–Crippen LogP) is 8.56. The monoisotopic (exact) mass is 638 g/mol. The summed E-state index contributed by atoms with van der Waals surface area (Å²) in [7, 11) is 0. The molecule has 0 aliphatic carbocycles. The minimum absolute atomic E-state index is 0.258. The van der Waals surface area contributed by atoms with E-state index >= 15 is 0 Å². The van der Waals surface area contributed by atoms with E-state index in [-0.39, 0.29) is 17.9 Å². The Kier molecular flexibility index (Phi) is 7.59. The molecule has 1 N–H and O–H groups in total. The molecule has 4 heterocycles. The number of nitrogens with zero attached hydrogens (tertiary/aromatic N) is 3. The van der Waals surface area contributed by atoms with Crippen molar-refractivity contribution in [1.82, 2.24) is 10.3 Å². The molecule has 2 aromatic carbocycles. The highest BCUT2D eigenvalue weighted by Crippen LogP contribution is 2.45. The third-order valence-electron chi connectivity index (χ3n) is 7.63. The molecule has 0 radical (unpaired) electrons. The molecule has 2 aliphatic rings. The summed E-state index contributed by atoms with van der Waals surface area (Å²) in [6.45, 7) is 6.57. The number of thiocarbonyl (C=S) groups is 1. The first-order chi connectivity index (χ1) is 19.3. The van der Waals surface area contributed by atoms with Crippen LogP contribution in [0.2, 0.25) is 5.02 Å². The Hall–Kier alpha value is -2.94. The number of anilines is 2. The quantitative estimate of drug-likeness (QED) is 0.221. The van der Waals surface area contributed by atoms with Crippen LogP contribution in [-0.4, -0.2) is 23.2 Å². The van der Waals surface area contributed by atoms with E-state index in [0.717, 1.165) is 35.7 Å². The minimum Gasteiger partial charge on any atom is -0.459 e. The maximum absolute atomic E-state index is 13.7. The van der Waals surface area contributed by atoms with Gasteiger partial charge < -0.3 is 19.5 Å². The normalized spacial score (nSPS) is 23.0. The highest BCUT2D eigenvalue weighted by atomic mass is 79.9. The van der Waals surface area contributed by atoms with Crippen LogP contribution in [0.25, 0.3) is 11.3 Å². The van der Waals surface area contributed by atoms with Crippen molar-refractivity contribution in [2.24, 2.45) is 11.8 Å². The summed E-state index contributed by atoms with van der Waals surface area (Å²) in [6, 6.07) is 19.8. The number of hydrogen-bond donors (Lipinski definition) is 1. The maximum atomic E-state index is 13.7. The first-order valence-corrected chi connectivity index (χ1v) is 15.0. The second-order valence-electron chi connectivity index (χ2n) is 10.8. The molecular formula is C31H29BrClFN4OS. The number of hydrogen-bond acceptors (Lipinski definition) is 4. The molecule has 2 aliphatic heterocycles. The van der Waals surface area contributed by atoms with Crippen molar-refractivity contribution in [3.8, 4) is 11.3 Å². The van der Waals surface area contributed by atoms with Crippen LogP contribution in [0.15, 0.2) is 81.8 Å². The van der Waals surface area contributed by atoms with Crippen LogP contribution in [-0.2, 0) is 0 Å². The molecule has 5 nitrogen and oxygen atoms in total. The van der Waals surface area contributed by atoms with E-state index in [1.54, 1.807) is 12.3 Å². The molecule has 2 saturated heterocycles. The third-order valence-corrected chi connectivity index (χ3v) is 8.91. The number of nitrogens with one attached hydrogen (secondary N) is 1. The molecule has 2 fully saturated rings. The number of aromatic nitrogens is 1. The van der Waals surface area contributed by atoms with Crippen LogP contribution in [0.3, 0.4) is 0 Å². The lowest BCUT2D eigenvalue weighted by Gasteiger charge is -2.37. The molecule has 0 bridgehead atoms. The van der Waals surface area contributed by atoms with Crippen molar-refractivity contribution in [3.63, 3.8) is 0 Å². The topological polar surface area (TPSA) is 44.5 Å². The molecule has 2 aromatic heterocycles. The van der Waals surface area contributed by atoms with Crippen molar-refractivity contribution in [3.05, 3.63) is 99.7 Å². The van der Waals surface area contributed by atoms with Gasteiger partial charge in [0, 0.05) is 35.0 Å². The SMILES string of the molecule is C[C@@H]1C[C@H](C)CN(c2ccc(N3C(=S)N[C@H](c4ccccn4)[C@@H]3c3ccc(-c4ccc(F)cc4Br)o3)cc2Cl)C1. The van der Waals surface area contributed by atoms with E-state index in [9.17, 15) is 4.39 Å². The van der Waals surface area contributed by atoms with Gasteiger partial charge in [0.1, 0.15) is 23.4 Å². The third kappa shape index (κ3) is 5.24. The Morgan fingerprint density at radius 2 is 1.85 bits per heavy atom. The number of furan rings is 1. The summed E-state index contributed by atoms with van der Waals surface area (Å²) in [5.41, 5.74) is 3.52. The lowest BCUT2D eigenvalue weighted by molar-refractivity contribution is 0.357. The first-order valence-electron chi connectivity index (χ1n) is 13.4. The van der Waals surface area contributed by atoms with Gasteiger partial charge in [-0.2, -0.15) is 0 Å². The number of pyridine rings is 1. The van der Waals surface area contributed by atoms with E-state index in [1.165, 1.54) is 18.6 Å². The summed E-state index contributed by atoms with van der Waals surface area (Å²) in [4.78, 5) is 9.06. The lowest BCUT2D eigenvalue weighted by atomic mass is 9.91. The molecule has 4 atom stereocenters. The summed E-state index contributed by atoms with van der Waals surface area (Å²) in [5.74, 6) is 2.25. The number of rotatable bonds is 5. The van der Waals surface area contributed by atoms with Gasteiger partial charge in [-0.05, 0) is 107 Å². The Labute approximate surface area is 252 Å². The summed E-state index contributed by atoms with van der Waals surface area (Å²) < 4.78 is 20.8. The average Bonchev–Trinajstić information content (AvgIpc) is 3.53. The summed E-state index contributed by atoms with van der Waals surface area (Å²) >= 11 is 16.3. The van der Waals surface area contributed by atoms with Crippen LogP contribution in [0, 0.1) is 17.7 Å². The standard InChI is InChI=1S/C31H29BrClFN4OS/c1-18-13-19(2)17-37(16-18)26-9-7-21(15-24(26)33)38-30(29(36-31(38)40)25-5-3-4-12-35-25)28-11-10-27(39-28)22-8-6-20(34)14-23(22)32/h3-12,14-15,18-19,29-30H,13,16-17H2,1-2H3,(H,36,40)/t18-,19+,29-,30+/m1/s1. The van der Waals surface area contributed by atoms with Gasteiger partial charge in [0.25, 0.3) is 0 Å². The summed E-state index contributed by atoms with van der Waals surface area (Å²) in [6.07, 6.45) is 3.01. The van der Waals surface area contributed by atoms with Gasteiger partial charge in [-0.25, -0.2) is 4.39 Å². The van der Waals surface area contributed by atoms with Crippen molar-refractivity contribution < 1.29 is 8.81 Å². The van der Waals surface area contributed by atoms with Crippen LogP contribution in [0.5, 0.6) is 0 Å². The van der Waals surface area contributed by atoms with Gasteiger partial charge in [-0.15, -0.1) is 0 Å². The van der Waals surface area contributed by atoms with Gasteiger partial charge in [0.15, 0.2) is 5.11 Å². The number of halogens is 3. The van der Waals surface area contributed by atoms with Crippen molar-refractivity contribution in [1.29, 1.82) is 0 Å². The van der Waals surface area contributed by atoms with Crippen molar-refractivity contribution in [2.45, 2.75) is 32.4 Å². The number of benzene rings is 2. The zero-order valence-corrected chi connectivity index (χ0v) is 25.3. The van der Waals surface area contributed by atoms with Crippen molar-refractivity contribution in [2.75, 3.05) is 22.9 Å². The second-order valence-corrected chi connectivity index (χ2v) is 12.5. The smallest absolute Gasteiger partial charge is 0.174 e. The van der Waals surface area contributed by atoms with E-state index in [4.69, 9.17) is 28.2 Å². The largest absolute Gasteiger partial charge is 0.459 e. The van der Waals surface area contributed by atoms with Crippen molar-refractivity contribution >= 4 is 56.2 Å². The molecule has 206 valence electrons. The van der Waals surface area contributed by atoms with E-state index in [1.807, 2.05) is 41.3 Å². The van der Waals surface area contributed by atoms with E-state index in [0.29, 0.717) is 38.0 Å². The van der Waals surface area contributed by atoms with Crippen LogP contribution in [0.4, 0.5) is 15.8 Å². The lowest BCUT2D eigenvalue weighted by Crippen LogP contribution is -2.38. The molecule has 40 heavy (non-hydrogen) atoms. The van der Waals surface area contributed by atoms with Crippen LogP contribution >= 0.6 is 39.7 Å². The highest BCUT2D eigenvalue weighted by Gasteiger charge is 2.43. The summed E-state index contributed by atoms with van der Waals surface area (Å²) in [5, 5.41) is 4.72. The first kappa shape index (κ1) is 27.2. The Morgan fingerprint density at radius 1 is 1.05 bits per heavy atom.